The van der Waals surface area contributed by atoms with Gasteiger partial charge in [-0.1, -0.05) is 11.2 Å². The molecule has 128 valence electrons. The van der Waals surface area contributed by atoms with E-state index in [0.29, 0.717) is 12.3 Å². The van der Waals surface area contributed by atoms with Crippen molar-refractivity contribution in [3.63, 3.8) is 0 Å². The van der Waals surface area contributed by atoms with Crippen LogP contribution in [0.15, 0.2) is 16.7 Å². The summed E-state index contributed by atoms with van der Waals surface area (Å²) in [4.78, 5) is 18.4. The summed E-state index contributed by atoms with van der Waals surface area (Å²) < 4.78 is 5.26. The number of hydrogen-bond donors (Lipinski definition) is 1. The van der Waals surface area contributed by atoms with Crippen molar-refractivity contribution in [2.45, 2.75) is 46.1 Å². The molecule has 1 amide bonds. The van der Waals surface area contributed by atoms with Crippen LogP contribution in [0, 0.1) is 13.8 Å². The SMILES string of the molecule is CC(=O)N1CCC[C@@H](c2ccc(CO)c(-c3c(C)noc3C)n2)C1. The smallest absolute Gasteiger partial charge is 0.219 e. The number of carbonyl (C=O) groups excluding carboxylic acids is 1. The Morgan fingerprint density at radius 3 is 2.83 bits per heavy atom. The summed E-state index contributed by atoms with van der Waals surface area (Å²) in [5.74, 6) is 1.02. The van der Waals surface area contributed by atoms with Crippen LogP contribution in [0.25, 0.3) is 11.3 Å². The molecule has 1 saturated heterocycles. The van der Waals surface area contributed by atoms with Crippen molar-refractivity contribution in [1.82, 2.24) is 15.0 Å². The minimum Gasteiger partial charge on any atom is -0.392 e. The average molecular weight is 329 g/mol. The van der Waals surface area contributed by atoms with Crippen LogP contribution in [0.1, 0.15) is 48.4 Å². The molecular formula is C18H23N3O3. The number of piperidine rings is 1. The molecule has 6 nitrogen and oxygen atoms in total. The number of aromatic nitrogens is 2. The summed E-state index contributed by atoms with van der Waals surface area (Å²) in [6.45, 7) is 6.76. The first kappa shape index (κ1) is 16.6. The number of nitrogens with zero attached hydrogens (tertiary/aromatic N) is 3. The van der Waals surface area contributed by atoms with Crippen LogP contribution in [0.3, 0.4) is 0 Å². The van der Waals surface area contributed by atoms with Gasteiger partial charge in [-0.15, -0.1) is 0 Å². The van der Waals surface area contributed by atoms with E-state index >= 15 is 0 Å². The maximum atomic E-state index is 11.7. The molecule has 0 bridgehead atoms. The second-order valence-corrected chi connectivity index (χ2v) is 6.41. The highest BCUT2D eigenvalue weighted by Crippen LogP contribution is 2.32. The first-order valence-electron chi connectivity index (χ1n) is 8.30. The van der Waals surface area contributed by atoms with Gasteiger partial charge in [0.05, 0.1) is 23.6 Å². The van der Waals surface area contributed by atoms with Crippen molar-refractivity contribution < 1.29 is 14.4 Å². The zero-order chi connectivity index (χ0) is 17.3. The largest absolute Gasteiger partial charge is 0.392 e. The molecule has 24 heavy (non-hydrogen) atoms. The topological polar surface area (TPSA) is 79.5 Å². The van der Waals surface area contributed by atoms with Crippen LogP contribution in [0.5, 0.6) is 0 Å². The molecule has 2 aromatic heterocycles. The average Bonchev–Trinajstić information content (AvgIpc) is 2.93. The Hall–Kier alpha value is -2.21. The summed E-state index contributed by atoms with van der Waals surface area (Å²) in [6, 6.07) is 3.87. The second-order valence-electron chi connectivity index (χ2n) is 6.41. The molecule has 0 radical (unpaired) electrons. The molecule has 2 aromatic rings. The predicted molar refractivity (Wildman–Crippen MR) is 89.4 cm³/mol. The van der Waals surface area contributed by atoms with E-state index in [0.717, 1.165) is 47.6 Å². The van der Waals surface area contributed by atoms with Crippen LogP contribution in [0.4, 0.5) is 0 Å². The fourth-order valence-electron chi connectivity index (χ4n) is 3.40. The molecule has 6 heteroatoms. The summed E-state index contributed by atoms with van der Waals surface area (Å²) in [6.07, 6.45) is 1.99. The highest BCUT2D eigenvalue weighted by atomic mass is 16.5. The number of aliphatic hydroxyl groups excluding tert-OH is 1. The number of hydrogen-bond acceptors (Lipinski definition) is 5. The van der Waals surface area contributed by atoms with Crippen LogP contribution in [0.2, 0.25) is 0 Å². The van der Waals surface area contributed by atoms with Gasteiger partial charge in [-0.3, -0.25) is 9.78 Å². The van der Waals surface area contributed by atoms with E-state index in [1.807, 2.05) is 30.9 Å². The maximum Gasteiger partial charge on any atom is 0.219 e. The molecule has 0 aliphatic carbocycles. The van der Waals surface area contributed by atoms with Crippen molar-refractivity contribution in [3.05, 3.63) is 34.8 Å². The number of aryl methyl sites for hydroxylation is 2. The van der Waals surface area contributed by atoms with Crippen molar-refractivity contribution in [1.29, 1.82) is 0 Å². The van der Waals surface area contributed by atoms with Gasteiger partial charge in [-0.05, 0) is 32.8 Å². The molecule has 0 unspecified atom stereocenters. The van der Waals surface area contributed by atoms with Crippen LogP contribution < -0.4 is 0 Å². The summed E-state index contributed by atoms with van der Waals surface area (Å²) in [5, 5.41) is 13.7. The molecule has 1 atom stereocenters. The van der Waals surface area contributed by atoms with Gasteiger partial charge in [-0.25, -0.2) is 0 Å². The fourth-order valence-corrected chi connectivity index (χ4v) is 3.40. The molecule has 1 N–H and O–H groups in total. The number of rotatable bonds is 3. The zero-order valence-electron chi connectivity index (χ0n) is 14.4. The monoisotopic (exact) mass is 329 g/mol. The zero-order valence-corrected chi connectivity index (χ0v) is 14.4. The normalized spacial score (nSPS) is 18.0. The lowest BCUT2D eigenvalue weighted by Crippen LogP contribution is -2.37. The molecular weight excluding hydrogens is 306 g/mol. The number of amides is 1. The van der Waals surface area contributed by atoms with Crippen molar-refractivity contribution in [3.8, 4) is 11.3 Å². The lowest BCUT2D eigenvalue weighted by molar-refractivity contribution is -0.130. The minimum absolute atomic E-state index is 0.0864. The Morgan fingerprint density at radius 1 is 1.42 bits per heavy atom. The lowest BCUT2D eigenvalue weighted by atomic mass is 9.93. The Morgan fingerprint density at radius 2 is 2.21 bits per heavy atom. The molecule has 0 aromatic carbocycles. The van der Waals surface area contributed by atoms with Crippen LogP contribution >= 0.6 is 0 Å². The molecule has 3 heterocycles. The Balaban J connectivity index is 1.99. The van der Waals surface area contributed by atoms with E-state index in [2.05, 4.69) is 5.16 Å². The summed E-state index contributed by atoms with van der Waals surface area (Å²) in [7, 11) is 0. The molecule has 1 aliphatic rings. The first-order valence-corrected chi connectivity index (χ1v) is 8.30. The second kappa shape index (κ2) is 6.73. The number of likely N-dealkylation sites (tertiary alicyclic amines) is 1. The van der Waals surface area contributed by atoms with E-state index in [-0.39, 0.29) is 18.4 Å². The van der Waals surface area contributed by atoms with Crippen molar-refractivity contribution in [2.75, 3.05) is 13.1 Å². The van der Waals surface area contributed by atoms with E-state index in [9.17, 15) is 9.90 Å². The third kappa shape index (κ3) is 3.06. The maximum absolute atomic E-state index is 11.7. The summed E-state index contributed by atoms with van der Waals surface area (Å²) >= 11 is 0. The van der Waals surface area contributed by atoms with Crippen LogP contribution in [-0.2, 0) is 11.4 Å². The lowest BCUT2D eigenvalue weighted by Gasteiger charge is -2.32. The number of carbonyl (C=O) groups is 1. The van der Waals surface area contributed by atoms with Gasteiger partial charge in [0.1, 0.15) is 5.76 Å². The third-order valence-corrected chi connectivity index (χ3v) is 4.73. The molecule has 1 fully saturated rings. The molecule has 1 aliphatic heterocycles. The molecule has 0 saturated carbocycles. The highest BCUT2D eigenvalue weighted by Gasteiger charge is 2.25. The Bertz CT molecular complexity index is 734. The number of aliphatic hydroxyl groups is 1. The standard InChI is InChI=1S/C18H23N3O3/c1-11-17(12(2)24-20-11)18-15(10-22)6-7-16(19-18)14-5-4-8-21(9-14)13(3)23/h6-7,14,22H,4-5,8-10H2,1-3H3/t14-/m1/s1. The van der Waals surface area contributed by atoms with Gasteiger partial charge < -0.3 is 14.5 Å². The highest BCUT2D eigenvalue weighted by molar-refractivity contribution is 5.73. The van der Waals surface area contributed by atoms with E-state index in [4.69, 9.17) is 9.51 Å². The summed E-state index contributed by atoms with van der Waals surface area (Å²) in [5.41, 5.74) is 4.05. The first-order chi connectivity index (χ1) is 11.5. The Labute approximate surface area is 141 Å². The number of pyridine rings is 1. The van der Waals surface area contributed by atoms with Crippen molar-refractivity contribution in [2.24, 2.45) is 0 Å². The quantitative estimate of drug-likeness (QED) is 0.936. The van der Waals surface area contributed by atoms with Gasteiger partial charge in [0, 0.05) is 37.2 Å². The van der Waals surface area contributed by atoms with Crippen molar-refractivity contribution >= 4 is 5.91 Å². The van der Waals surface area contributed by atoms with Gasteiger partial charge in [-0.2, -0.15) is 0 Å². The van der Waals surface area contributed by atoms with Gasteiger partial charge in [0.2, 0.25) is 5.91 Å². The minimum atomic E-state index is -0.0864. The fraction of sp³-hybridized carbons (Fsp3) is 0.500. The van der Waals surface area contributed by atoms with Gasteiger partial charge >= 0.3 is 0 Å². The van der Waals surface area contributed by atoms with E-state index in [1.54, 1.807) is 6.92 Å². The van der Waals surface area contributed by atoms with Crippen LogP contribution in [-0.4, -0.2) is 39.1 Å². The predicted octanol–water partition coefficient (Wildman–Crippen LogP) is 2.57. The van der Waals surface area contributed by atoms with E-state index in [1.165, 1.54) is 0 Å². The van der Waals surface area contributed by atoms with Gasteiger partial charge in [0.25, 0.3) is 0 Å². The van der Waals surface area contributed by atoms with Gasteiger partial charge in [0.15, 0.2) is 0 Å². The molecule has 3 rings (SSSR count). The molecule has 0 spiro atoms. The third-order valence-electron chi connectivity index (χ3n) is 4.73. The Kier molecular flexibility index (Phi) is 4.66. The van der Waals surface area contributed by atoms with E-state index < -0.39 is 0 Å².